The Balaban J connectivity index is 1.73. The van der Waals surface area contributed by atoms with Crippen molar-refractivity contribution in [3.63, 3.8) is 0 Å². The van der Waals surface area contributed by atoms with Gasteiger partial charge in [-0.25, -0.2) is 4.39 Å². The molecule has 2 aromatic rings. The fourth-order valence-corrected chi connectivity index (χ4v) is 2.87. The van der Waals surface area contributed by atoms with E-state index in [0.29, 0.717) is 11.1 Å². The Morgan fingerprint density at radius 3 is 2.35 bits per heavy atom. The number of halogens is 1. The number of likely N-dealkylation sites (N-methyl/N-ethyl adjacent to an activating group) is 1. The van der Waals surface area contributed by atoms with Crippen LogP contribution in [0.3, 0.4) is 0 Å². The van der Waals surface area contributed by atoms with Crippen molar-refractivity contribution in [2.24, 2.45) is 0 Å². The average Bonchev–Trinajstić information content (AvgIpc) is 2.56. The Morgan fingerprint density at radius 2 is 1.65 bits per heavy atom. The molecule has 23 heavy (non-hydrogen) atoms. The third-order valence-corrected chi connectivity index (χ3v) is 4.28. The van der Waals surface area contributed by atoms with Crippen LogP contribution in [0.15, 0.2) is 48.5 Å². The van der Waals surface area contributed by atoms with E-state index in [9.17, 15) is 9.18 Å². The number of carbonyl (C=O) groups excluding carboxylic acids is 1. The summed E-state index contributed by atoms with van der Waals surface area (Å²) in [6.45, 7) is 5.07. The van der Waals surface area contributed by atoms with Gasteiger partial charge in [0.15, 0.2) is 5.78 Å². The van der Waals surface area contributed by atoms with Crippen LogP contribution in [0.1, 0.15) is 21.5 Å². The van der Waals surface area contributed by atoms with E-state index in [-0.39, 0.29) is 11.6 Å². The van der Waals surface area contributed by atoms with Crippen molar-refractivity contribution in [2.45, 2.75) is 6.54 Å². The smallest absolute Gasteiger partial charge is 0.193 e. The van der Waals surface area contributed by atoms with E-state index in [2.05, 4.69) is 16.8 Å². The quantitative estimate of drug-likeness (QED) is 0.811. The molecule has 0 radical (unpaired) electrons. The monoisotopic (exact) mass is 312 g/mol. The first-order valence-electron chi connectivity index (χ1n) is 7.92. The molecular formula is C19H21FN2O. The lowest BCUT2D eigenvalue weighted by Gasteiger charge is -2.32. The Kier molecular flexibility index (Phi) is 4.84. The number of ketones is 1. The number of carbonyl (C=O) groups is 1. The first kappa shape index (κ1) is 15.8. The van der Waals surface area contributed by atoms with Crippen LogP contribution in [0.4, 0.5) is 4.39 Å². The second-order valence-corrected chi connectivity index (χ2v) is 6.12. The van der Waals surface area contributed by atoms with Gasteiger partial charge in [-0.1, -0.05) is 30.3 Å². The van der Waals surface area contributed by atoms with Crippen LogP contribution < -0.4 is 0 Å². The molecule has 1 aliphatic heterocycles. The molecular weight excluding hydrogens is 291 g/mol. The lowest BCUT2D eigenvalue weighted by molar-refractivity contribution is 0.103. The standard InChI is InChI=1S/C19H21FN2O/c1-21-8-10-22(11-9-21)14-15-4-2-5-16(12-15)19(23)17-6-3-7-18(20)13-17/h2-7,12-13H,8-11,14H2,1H3. The maximum absolute atomic E-state index is 13.3. The molecule has 0 bridgehead atoms. The number of piperazine rings is 1. The van der Waals surface area contributed by atoms with E-state index < -0.39 is 0 Å². The molecule has 0 unspecified atom stereocenters. The van der Waals surface area contributed by atoms with E-state index in [4.69, 9.17) is 0 Å². The Morgan fingerprint density at radius 1 is 1.00 bits per heavy atom. The van der Waals surface area contributed by atoms with Crippen LogP contribution in [0.5, 0.6) is 0 Å². The Labute approximate surface area is 136 Å². The molecule has 3 rings (SSSR count). The zero-order chi connectivity index (χ0) is 16.2. The molecule has 2 aromatic carbocycles. The van der Waals surface area contributed by atoms with Crippen LogP contribution in [-0.2, 0) is 6.54 Å². The maximum Gasteiger partial charge on any atom is 0.193 e. The normalized spacial score (nSPS) is 16.4. The van der Waals surface area contributed by atoms with E-state index >= 15 is 0 Å². The summed E-state index contributed by atoms with van der Waals surface area (Å²) >= 11 is 0. The topological polar surface area (TPSA) is 23.6 Å². The predicted octanol–water partition coefficient (Wildman–Crippen LogP) is 2.80. The highest BCUT2D eigenvalue weighted by Gasteiger charge is 2.15. The van der Waals surface area contributed by atoms with Gasteiger partial charge in [-0.3, -0.25) is 9.69 Å². The number of rotatable bonds is 4. The van der Waals surface area contributed by atoms with Crippen LogP contribution in [0.2, 0.25) is 0 Å². The molecule has 1 saturated heterocycles. The van der Waals surface area contributed by atoms with E-state index in [1.165, 1.54) is 12.1 Å². The molecule has 0 saturated carbocycles. The van der Waals surface area contributed by atoms with Gasteiger partial charge in [0.2, 0.25) is 0 Å². The summed E-state index contributed by atoms with van der Waals surface area (Å²) in [7, 11) is 2.13. The zero-order valence-electron chi connectivity index (χ0n) is 13.3. The molecule has 0 aliphatic carbocycles. The highest BCUT2D eigenvalue weighted by atomic mass is 19.1. The number of nitrogens with zero attached hydrogens (tertiary/aromatic N) is 2. The van der Waals surface area contributed by atoms with Crippen molar-refractivity contribution in [3.8, 4) is 0 Å². The Hall–Kier alpha value is -2.04. The minimum absolute atomic E-state index is 0.135. The molecule has 0 spiro atoms. The SMILES string of the molecule is CN1CCN(Cc2cccc(C(=O)c3cccc(F)c3)c2)CC1. The number of hydrogen-bond acceptors (Lipinski definition) is 3. The highest BCUT2D eigenvalue weighted by Crippen LogP contribution is 2.15. The minimum atomic E-state index is -0.385. The van der Waals surface area contributed by atoms with Crippen molar-refractivity contribution >= 4 is 5.78 Å². The lowest BCUT2D eigenvalue weighted by atomic mass is 10.0. The van der Waals surface area contributed by atoms with Gasteiger partial charge in [0.25, 0.3) is 0 Å². The zero-order valence-corrected chi connectivity index (χ0v) is 13.3. The number of hydrogen-bond donors (Lipinski definition) is 0. The third-order valence-electron chi connectivity index (χ3n) is 4.28. The molecule has 0 N–H and O–H groups in total. The van der Waals surface area contributed by atoms with Crippen molar-refractivity contribution in [1.82, 2.24) is 9.80 Å². The van der Waals surface area contributed by atoms with Crippen molar-refractivity contribution in [2.75, 3.05) is 33.2 Å². The van der Waals surface area contributed by atoms with E-state index in [1.807, 2.05) is 18.2 Å². The Bertz CT molecular complexity index is 693. The summed E-state index contributed by atoms with van der Waals surface area (Å²) in [5.74, 6) is -0.519. The average molecular weight is 312 g/mol. The van der Waals surface area contributed by atoms with Gasteiger partial charge in [-0.15, -0.1) is 0 Å². The molecule has 1 fully saturated rings. The maximum atomic E-state index is 13.3. The van der Waals surface area contributed by atoms with Crippen LogP contribution in [0.25, 0.3) is 0 Å². The second-order valence-electron chi connectivity index (χ2n) is 6.12. The summed E-state index contributed by atoms with van der Waals surface area (Å²) in [5.41, 5.74) is 2.13. The van der Waals surface area contributed by atoms with E-state index in [1.54, 1.807) is 18.2 Å². The highest BCUT2D eigenvalue weighted by molar-refractivity contribution is 6.09. The summed E-state index contributed by atoms with van der Waals surface area (Å²) < 4.78 is 13.3. The molecule has 3 nitrogen and oxygen atoms in total. The molecule has 1 heterocycles. The summed E-state index contributed by atoms with van der Waals surface area (Å²) in [6.07, 6.45) is 0. The first-order valence-corrected chi connectivity index (χ1v) is 7.92. The summed E-state index contributed by atoms with van der Waals surface area (Å²) in [4.78, 5) is 17.2. The first-order chi connectivity index (χ1) is 11.1. The van der Waals surface area contributed by atoms with Gasteiger partial charge in [-0.05, 0) is 30.8 Å². The van der Waals surface area contributed by atoms with Gasteiger partial charge >= 0.3 is 0 Å². The molecule has 0 aromatic heterocycles. The molecule has 0 amide bonds. The number of benzene rings is 2. The van der Waals surface area contributed by atoms with Crippen LogP contribution in [-0.4, -0.2) is 48.8 Å². The van der Waals surface area contributed by atoms with Gasteiger partial charge in [0.05, 0.1) is 0 Å². The van der Waals surface area contributed by atoms with Gasteiger partial charge in [-0.2, -0.15) is 0 Å². The minimum Gasteiger partial charge on any atom is -0.304 e. The molecule has 0 atom stereocenters. The second kappa shape index (κ2) is 7.02. The van der Waals surface area contributed by atoms with Crippen LogP contribution in [0, 0.1) is 5.82 Å². The summed E-state index contributed by atoms with van der Waals surface area (Å²) in [6, 6.07) is 13.5. The van der Waals surface area contributed by atoms with E-state index in [0.717, 1.165) is 38.3 Å². The fraction of sp³-hybridized carbons (Fsp3) is 0.316. The molecule has 4 heteroatoms. The van der Waals surface area contributed by atoms with Crippen molar-refractivity contribution in [1.29, 1.82) is 0 Å². The fourth-order valence-electron chi connectivity index (χ4n) is 2.87. The molecule has 1 aliphatic rings. The predicted molar refractivity (Wildman–Crippen MR) is 89.0 cm³/mol. The van der Waals surface area contributed by atoms with Crippen molar-refractivity contribution < 1.29 is 9.18 Å². The third kappa shape index (κ3) is 4.03. The van der Waals surface area contributed by atoms with Crippen LogP contribution >= 0.6 is 0 Å². The van der Waals surface area contributed by atoms with Gasteiger partial charge in [0, 0.05) is 43.9 Å². The van der Waals surface area contributed by atoms with Crippen molar-refractivity contribution in [3.05, 3.63) is 71.0 Å². The molecule has 120 valence electrons. The van der Waals surface area contributed by atoms with Gasteiger partial charge in [0.1, 0.15) is 5.82 Å². The van der Waals surface area contributed by atoms with Gasteiger partial charge < -0.3 is 4.90 Å². The lowest BCUT2D eigenvalue weighted by Crippen LogP contribution is -2.43. The largest absolute Gasteiger partial charge is 0.304 e. The summed E-state index contributed by atoms with van der Waals surface area (Å²) in [5, 5.41) is 0.